The van der Waals surface area contributed by atoms with Crippen LogP contribution in [0.2, 0.25) is 10.0 Å². The van der Waals surface area contributed by atoms with E-state index >= 15 is 0 Å². The first-order valence-corrected chi connectivity index (χ1v) is 10.1. The highest BCUT2D eigenvalue weighted by molar-refractivity contribution is 7.13. The minimum absolute atomic E-state index is 0.249. The summed E-state index contributed by atoms with van der Waals surface area (Å²) in [7, 11) is 0. The largest absolute Gasteiger partial charge is 0.352 e. The maximum Gasteiger partial charge on any atom is 0.321 e. The number of hydrogen-bond donors (Lipinski definition) is 3. The second-order valence-corrected chi connectivity index (χ2v) is 7.51. The summed E-state index contributed by atoms with van der Waals surface area (Å²) in [5.41, 5.74) is 1.99. The molecule has 0 unspecified atom stereocenters. The normalized spacial score (nSPS) is 10.4. The molecule has 3 amide bonds. The Labute approximate surface area is 180 Å². The SMILES string of the molecule is O=C(NCc1ccc(Cl)c(Cl)c1)Nc1nc(CCNC(=O)c2cncnc2)cs1. The van der Waals surface area contributed by atoms with E-state index < -0.39 is 0 Å². The molecule has 29 heavy (non-hydrogen) atoms. The predicted octanol–water partition coefficient (Wildman–Crippen LogP) is 3.53. The summed E-state index contributed by atoms with van der Waals surface area (Å²) in [6.45, 7) is 0.705. The highest BCUT2D eigenvalue weighted by atomic mass is 35.5. The van der Waals surface area contributed by atoms with Crippen molar-refractivity contribution in [1.29, 1.82) is 0 Å². The van der Waals surface area contributed by atoms with Gasteiger partial charge in [-0.2, -0.15) is 0 Å². The molecule has 2 aromatic heterocycles. The van der Waals surface area contributed by atoms with Gasteiger partial charge in [-0.15, -0.1) is 11.3 Å². The second-order valence-electron chi connectivity index (χ2n) is 5.83. The Balaban J connectivity index is 1.41. The number of carbonyl (C=O) groups is 2. The van der Waals surface area contributed by atoms with E-state index in [4.69, 9.17) is 23.2 Å². The van der Waals surface area contributed by atoms with Crippen molar-refractivity contribution in [3.63, 3.8) is 0 Å². The van der Waals surface area contributed by atoms with Crippen molar-refractivity contribution < 1.29 is 9.59 Å². The summed E-state index contributed by atoms with van der Waals surface area (Å²) in [6.07, 6.45) is 4.79. The molecule has 2 heterocycles. The molecule has 150 valence electrons. The Morgan fingerprint density at radius 3 is 2.62 bits per heavy atom. The molecule has 0 bridgehead atoms. The fraction of sp³-hybridized carbons (Fsp3) is 0.167. The molecule has 0 saturated carbocycles. The molecular formula is C18H16Cl2N6O2S. The fourth-order valence-corrected chi connectivity index (χ4v) is 3.34. The number of nitrogens with one attached hydrogen (secondary N) is 3. The Kier molecular flexibility index (Phi) is 7.34. The Hall–Kier alpha value is -2.75. The zero-order chi connectivity index (χ0) is 20.6. The molecule has 3 rings (SSSR count). The third-order valence-corrected chi connectivity index (χ3v) is 5.24. The van der Waals surface area contributed by atoms with Crippen LogP contribution in [0.15, 0.2) is 42.3 Å². The smallest absolute Gasteiger partial charge is 0.321 e. The van der Waals surface area contributed by atoms with Crippen LogP contribution in [0.5, 0.6) is 0 Å². The number of carbonyl (C=O) groups excluding carboxylic acids is 2. The van der Waals surface area contributed by atoms with Crippen molar-refractivity contribution in [2.45, 2.75) is 13.0 Å². The molecule has 0 spiro atoms. The lowest BCUT2D eigenvalue weighted by molar-refractivity contribution is 0.0953. The molecule has 3 aromatic rings. The van der Waals surface area contributed by atoms with Crippen molar-refractivity contribution in [2.75, 3.05) is 11.9 Å². The van der Waals surface area contributed by atoms with Gasteiger partial charge in [0.25, 0.3) is 5.91 Å². The summed E-state index contributed by atoms with van der Waals surface area (Å²) in [5, 5.41) is 11.4. The van der Waals surface area contributed by atoms with Crippen LogP contribution in [0, 0.1) is 0 Å². The third-order valence-electron chi connectivity index (χ3n) is 3.70. The van der Waals surface area contributed by atoms with Crippen LogP contribution in [0.4, 0.5) is 9.93 Å². The number of amides is 3. The number of nitrogens with zero attached hydrogens (tertiary/aromatic N) is 3. The minimum Gasteiger partial charge on any atom is -0.352 e. The summed E-state index contributed by atoms with van der Waals surface area (Å²) in [6, 6.07) is 4.78. The molecule has 1 aromatic carbocycles. The van der Waals surface area contributed by atoms with E-state index in [1.54, 1.807) is 18.2 Å². The van der Waals surface area contributed by atoms with Gasteiger partial charge in [0.15, 0.2) is 5.13 Å². The maximum absolute atomic E-state index is 12.0. The topological polar surface area (TPSA) is 109 Å². The number of hydrogen-bond acceptors (Lipinski definition) is 6. The van der Waals surface area contributed by atoms with Gasteiger partial charge < -0.3 is 10.6 Å². The first kappa shape index (κ1) is 21.0. The maximum atomic E-state index is 12.0. The molecule has 8 nitrogen and oxygen atoms in total. The van der Waals surface area contributed by atoms with Crippen LogP contribution in [-0.4, -0.2) is 33.4 Å². The lowest BCUT2D eigenvalue weighted by Crippen LogP contribution is -2.28. The molecule has 0 fully saturated rings. The number of aromatic nitrogens is 3. The van der Waals surface area contributed by atoms with Crippen molar-refractivity contribution in [2.24, 2.45) is 0 Å². The van der Waals surface area contributed by atoms with E-state index in [1.807, 2.05) is 5.38 Å². The number of benzene rings is 1. The number of urea groups is 1. The molecule has 0 saturated heterocycles. The van der Waals surface area contributed by atoms with E-state index in [-0.39, 0.29) is 11.9 Å². The molecule has 11 heteroatoms. The lowest BCUT2D eigenvalue weighted by atomic mass is 10.2. The van der Waals surface area contributed by atoms with Crippen LogP contribution < -0.4 is 16.0 Å². The number of thiazole rings is 1. The van der Waals surface area contributed by atoms with Gasteiger partial charge in [0.05, 0.1) is 21.3 Å². The van der Waals surface area contributed by atoms with Crippen molar-refractivity contribution in [3.8, 4) is 0 Å². The van der Waals surface area contributed by atoms with Crippen LogP contribution in [0.25, 0.3) is 0 Å². The van der Waals surface area contributed by atoms with Gasteiger partial charge in [0.1, 0.15) is 6.33 Å². The fourth-order valence-electron chi connectivity index (χ4n) is 2.27. The average molecular weight is 451 g/mol. The number of anilines is 1. The van der Waals surface area contributed by atoms with Crippen LogP contribution >= 0.6 is 34.5 Å². The minimum atomic E-state index is -0.380. The first-order chi connectivity index (χ1) is 14.0. The summed E-state index contributed by atoms with van der Waals surface area (Å²) in [5.74, 6) is -0.249. The molecule has 0 aliphatic rings. The molecule has 0 radical (unpaired) electrons. The molecule has 0 aliphatic heterocycles. The van der Waals surface area contributed by atoms with Gasteiger partial charge in [-0.05, 0) is 17.7 Å². The Morgan fingerprint density at radius 1 is 1.07 bits per heavy atom. The van der Waals surface area contributed by atoms with Gasteiger partial charge in [-0.3, -0.25) is 10.1 Å². The highest BCUT2D eigenvalue weighted by Crippen LogP contribution is 2.22. The van der Waals surface area contributed by atoms with Gasteiger partial charge in [0.2, 0.25) is 0 Å². The third kappa shape index (κ3) is 6.38. The molecule has 0 aliphatic carbocycles. The van der Waals surface area contributed by atoms with E-state index in [2.05, 4.69) is 30.9 Å². The number of halogens is 2. The van der Waals surface area contributed by atoms with E-state index in [9.17, 15) is 9.59 Å². The van der Waals surface area contributed by atoms with E-state index in [0.29, 0.717) is 40.3 Å². The Morgan fingerprint density at radius 2 is 1.86 bits per heavy atom. The standard InChI is InChI=1S/C18H16Cl2N6O2S/c19-14-2-1-11(5-15(14)20)6-24-17(28)26-18-25-13(9-29-18)3-4-23-16(27)12-7-21-10-22-8-12/h1-2,5,7-10H,3-4,6H2,(H,23,27)(H2,24,25,26,28). The lowest BCUT2D eigenvalue weighted by Gasteiger charge is -2.06. The van der Waals surface area contributed by atoms with Crippen molar-refractivity contribution >= 4 is 51.6 Å². The molecular weight excluding hydrogens is 435 g/mol. The summed E-state index contributed by atoms with van der Waals surface area (Å²) in [4.78, 5) is 35.9. The highest BCUT2D eigenvalue weighted by Gasteiger charge is 2.09. The van der Waals surface area contributed by atoms with Gasteiger partial charge in [0, 0.05) is 37.3 Å². The van der Waals surface area contributed by atoms with Crippen LogP contribution in [-0.2, 0) is 13.0 Å². The van der Waals surface area contributed by atoms with Gasteiger partial charge in [-0.25, -0.2) is 19.7 Å². The monoisotopic (exact) mass is 450 g/mol. The van der Waals surface area contributed by atoms with Crippen molar-refractivity contribution in [3.05, 3.63) is 69.2 Å². The Bertz CT molecular complexity index is 999. The number of rotatable bonds is 7. The van der Waals surface area contributed by atoms with E-state index in [0.717, 1.165) is 11.3 Å². The quantitative estimate of drug-likeness (QED) is 0.509. The van der Waals surface area contributed by atoms with Crippen molar-refractivity contribution in [1.82, 2.24) is 25.6 Å². The molecule has 3 N–H and O–H groups in total. The summed E-state index contributed by atoms with van der Waals surface area (Å²) < 4.78 is 0. The molecule has 0 atom stereocenters. The first-order valence-electron chi connectivity index (χ1n) is 8.47. The predicted molar refractivity (Wildman–Crippen MR) is 113 cm³/mol. The van der Waals surface area contributed by atoms with E-state index in [1.165, 1.54) is 30.1 Å². The summed E-state index contributed by atoms with van der Waals surface area (Å²) >= 11 is 13.1. The van der Waals surface area contributed by atoms with Crippen LogP contribution in [0.1, 0.15) is 21.6 Å². The van der Waals surface area contributed by atoms with Crippen LogP contribution in [0.3, 0.4) is 0 Å². The van der Waals surface area contributed by atoms with Gasteiger partial charge >= 0.3 is 6.03 Å². The second kappa shape index (κ2) is 10.1. The van der Waals surface area contributed by atoms with Gasteiger partial charge in [-0.1, -0.05) is 29.3 Å². The zero-order valence-electron chi connectivity index (χ0n) is 15.0. The average Bonchev–Trinajstić information content (AvgIpc) is 3.16. The zero-order valence-corrected chi connectivity index (χ0v) is 17.3.